The van der Waals surface area contributed by atoms with E-state index in [-0.39, 0.29) is 5.75 Å². The lowest BCUT2D eigenvalue weighted by atomic mass is 9.97. The van der Waals surface area contributed by atoms with Gasteiger partial charge in [0.15, 0.2) is 17.1 Å². The second kappa shape index (κ2) is 8.31. The Morgan fingerprint density at radius 3 is 2.56 bits per heavy atom. The second-order valence-electron chi connectivity index (χ2n) is 8.62. The van der Waals surface area contributed by atoms with Crippen LogP contribution in [-0.4, -0.2) is 59.0 Å². The summed E-state index contributed by atoms with van der Waals surface area (Å²) in [6, 6.07) is 11.1. The van der Waals surface area contributed by atoms with Crippen LogP contribution in [0.4, 0.5) is 0 Å². The second-order valence-corrected chi connectivity index (χ2v) is 8.62. The number of pyridine rings is 1. The van der Waals surface area contributed by atoms with Crippen LogP contribution in [-0.2, 0) is 0 Å². The molecule has 5 rings (SSSR count). The minimum Gasteiger partial charge on any atom is -0.508 e. The number of nitrogens with zero attached hydrogens (tertiary/aromatic N) is 3. The Labute approximate surface area is 187 Å². The monoisotopic (exact) mass is 432 g/mol. The summed E-state index contributed by atoms with van der Waals surface area (Å²) in [7, 11) is 3.84. The molecule has 1 fully saturated rings. The molecule has 2 N–H and O–H groups in total. The standard InChI is InChI=1S/C25H28N4O3/c1-15-21-22-19(23(26-25(21)28-27-15)17-4-6-18(30)7-5-17)8-9-20(31-3)24(22)32-14-16-10-12-29(2)13-11-16/h4-9,16,30H,10-14H2,1-3H3,(H,26,27,28). The fourth-order valence-corrected chi connectivity index (χ4v) is 4.55. The first kappa shape index (κ1) is 20.6. The van der Waals surface area contributed by atoms with Crippen LogP contribution in [0.15, 0.2) is 36.4 Å². The van der Waals surface area contributed by atoms with E-state index in [9.17, 15) is 5.11 Å². The molecule has 0 radical (unpaired) electrons. The average Bonchev–Trinajstić information content (AvgIpc) is 3.19. The van der Waals surface area contributed by atoms with Gasteiger partial charge in [-0.05, 0) is 82.2 Å². The summed E-state index contributed by atoms with van der Waals surface area (Å²) in [6.45, 7) is 4.82. The largest absolute Gasteiger partial charge is 0.508 e. The highest BCUT2D eigenvalue weighted by Gasteiger charge is 2.23. The van der Waals surface area contributed by atoms with E-state index in [1.807, 2.05) is 31.2 Å². The summed E-state index contributed by atoms with van der Waals surface area (Å²) in [6.07, 6.45) is 2.26. The maximum atomic E-state index is 9.74. The van der Waals surface area contributed by atoms with Gasteiger partial charge < -0.3 is 19.5 Å². The summed E-state index contributed by atoms with van der Waals surface area (Å²) in [5.41, 5.74) is 3.29. The van der Waals surface area contributed by atoms with Crippen molar-refractivity contribution in [3.05, 3.63) is 42.1 Å². The molecule has 0 saturated carbocycles. The number of ether oxygens (including phenoxy) is 2. The van der Waals surface area contributed by atoms with Crippen molar-refractivity contribution in [2.45, 2.75) is 19.8 Å². The molecule has 0 aliphatic carbocycles. The lowest BCUT2D eigenvalue weighted by molar-refractivity contribution is 0.158. The number of likely N-dealkylation sites (tertiary alicyclic amines) is 1. The fourth-order valence-electron chi connectivity index (χ4n) is 4.55. The van der Waals surface area contributed by atoms with E-state index in [1.54, 1.807) is 19.2 Å². The van der Waals surface area contributed by atoms with Crippen molar-refractivity contribution in [2.75, 3.05) is 33.9 Å². The Kier molecular flexibility index (Phi) is 5.35. The summed E-state index contributed by atoms with van der Waals surface area (Å²) < 4.78 is 12.2. The Balaban J connectivity index is 1.68. The van der Waals surface area contributed by atoms with Gasteiger partial charge >= 0.3 is 0 Å². The number of phenols is 1. The quantitative estimate of drug-likeness (QED) is 0.482. The molecule has 4 aromatic rings. The molecule has 32 heavy (non-hydrogen) atoms. The summed E-state index contributed by atoms with van der Waals surface area (Å²) >= 11 is 0. The molecule has 2 aromatic heterocycles. The van der Waals surface area contributed by atoms with Crippen molar-refractivity contribution < 1.29 is 14.6 Å². The van der Waals surface area contributed by atoms with Crippen molar-refractivity contribution in [1.82, 2.24) is 20.1 Å². The van der Waals surface area contributed by atoms with E-state index in [4.69, 9.17) is 14.5 Å². The van der Waals surface area contributed by atoms with Crippen LogP contribution in [0, 0.1) is 12.8 Å². The normalized spacial score (nSPS) is 15.5. The van der Waals surface area contributed by atoms with E-state index < -0.39 is 0 Å². The molecule has 1 aliphatic rings. The molecule has 0 atom stereocenters. The Morgan fingerprint density at radius 1 is 1.09 bits per heavy atom. The number of aromatic hydroxyl groups is 1. The highest BCUT2D eigenvalue weighted by atomic mass is 16.5. The number of aromatic nitrogens is 3. The van der Waals surface area contributed by atoms with Gasteiger partial charge in [-0.3, -0.25) is 5.10 Å². The van der Waals surface area contributed by atoms with Gasteiger partial charge in [-0.1, -0.05) is 0 Å². The van der Waals surface area contributed by atoms with Crippen molar-refractivity contribution in [3.8, 4) is 28.5 Å². The third-order valence-electron chi connectivity index (χ3n) is 6.44. The Bertz CT molecular complexity index is 1260. The summed E-state index contributed by atoms with van der Waals surface area (Å²) in [5.74, 6) is 2.18. The third-order valence-corrected chi connectivity index (χ3v) is 6.44. The maximum Gasteiger partial charge on any atom is 0.169 e. The van der Waals surface area contributed by atoms with E-state index in [1.165, 1.54) is 0 Å². The summed E-state index contributed by atoms with van der Waals surface area (Å²) in [5, 5.41) is 20.1. The lowest BCUT2D eigenvalue weighted by Gasteiger charge is -2.29. The molecule has 7 nitrogen and oxygen atoms in total. The van der Waals surface area contributed by atoms with Crippen molar-refractivity contribution >= 4 is 21.8 Å². The highest BCUT2D eigenvalue weighted by molar-refractivity contribution is 6.14. The average molecular weight is 433 g/mol. The van der Waals surface area contributed by atoms with Gasteiger partial charge in [0.1, 0.15) is 5.75 Å². The number of rotatable bonds is 5. The molecule has 0 spiro atoms. The predicted octanol–water partition coefficient (Wildman–Crippen LogP) is 4.52. The molecule has 1 saturated heterocycles. The van der Waals surface area contributed by atoms with E-state index in [2.05, 4.69) is 22.1 Å². The Hall–Kier alpha value is -3.32. The van der Waals surface area contributed by atoms with Crippen LogP contribution in [0.2, 0.25) is 0 Å². The number of fused-ring (bicyclic) bond motifs is 3. The van der Waals surface area contributed by atoms with Gasteiger partial charge in [0, 0.05) is 16.3 Å². The van der Waals surface area contributed by atoms with Crippen LogP contribution in [0.25, 0.3) is 33.1 Å². The van der Waals surface area contributed by atoms with Gasteiger partial charge in [-0.25, -0.2) is 4.98 Å². The molecule has 2 aromatic carbocycles. The van der Waals surface area contributed by atoms with E-state index in [0.717, 1.165) is 64.8 Å². The van der Waals surface area contributed by atoms with Crippen LogP contribution < -0.4 is 9.47 Å². The van der Waals surface area contributed by atoms with Crippen LogP contribution >= 0.6 is 0 Å². The minimum absolute atomic E-state index is 0.223. The van der Waals surface area contributed by atoms with Crippen molar-refractivity contribution in [1.29, 1.82) is 0 Å². The zero-order valence-electron chi connectivity index (χ0n) is 18.7. The number of phenolic OH excluding ortho intramolecular Hbond substituents is 1. The number of piperidine rings is 1. The van der Waals surface area contributed by atoms with Gasteiger partial charge in [0.05, 0.1) is 30.5 Å². The molecule has 0 bridgehead atoms. The number of aryl methyl sites for hydroxylation is 1. The predicted molar refractivity (Wildman–Crippen MR) is 126 cm³/mol. The third kappa shape index (κ3) is 3.62. The van der Waals surface area contributed by atoms with Crippen molar-refractivity contribution in [2.24, 2.45) is 5.92 Å². The van der Waals surface area contributed by atoms with Crippen LogP contribution in [0.5, 0.6) is 17.2 Å². The van der Waals surface area contributed by atoms with Gasteiger partial charge in [-0.15, -0.1) is 0 Å². The van der Waals surface area contributed by atoms with Crippen LogP contribution in [0.3, 0.4) is 0 Å². The molecule has 166 valence electrons. The highest BCUT2D eigenvalue weighted by Crippen LogP contribution is 2.43. The molecule has 7 heteroatoms. The number of benzene rings is 2. The first-order valence-corrected chi connectivity index (χ1v) is 11.0. The molecule has 1 aliphatic heterocycles. The fraction of sp³-hybridized carbons (Fsp3) is 0.360. The van der Waals surface area contributed by atoms with Crippen molar-refractivity contribution in [3.63, 3.8) is 0 Å². The number of hydrogen-bond donors (Lipinski definition) is 2. The minimum atomic E-state index is 0.223. The number of methoxy groups -OCH3 is 1. The SMILES string of the molecule is COc1ccc2c(-c3ccc(O)cc3)nc3[nH]nc(C)c3c2c1OCC1CCN(C)CC1. The smallest absolute Gasteiger partial charge is 0.169 e. The van der Waals surface area contributed by atoms with Gasteiger partial charge in [-0.2, -0.15) is 5.10 Å². The van der Waals surface area contributed by atoms with Gasteiger partial charge in [0.25, 0.3) is 0 Å². The maximum absolute atomic E-state index is 9.74. The topological polar surface area (TPSA) is 83.5 Å². The molecular formula is C25H28N4O3. The first-order chi connectivity index (χ1) is 15.5. The number of nitrogens with one attached hydrogen (secondary N) is 1. The van der Waals surface area contributed by atoms with E-state index in [0.29, 0.717) is 23.9 Å². The summed E-state index contributed by atoms with van der Waals surface area (Å²) in [4.78, 5) is 7.24. The number of hydrogen-bond acceptors (Lipinski definition) is 6. The molecule has 0 amide bonds. The first-order valence-electron chi connectivity index (χ1n) is 11.0. The molecule has 3 heterocycles. The van der Waals surface area contributed by atoms with E-state index >= 15 is 0 Å². The lowest BCUT2D eigenvalue weighted by Crippen LogP contribution is -2.32. The van der Waals surface area contributed by atoms with Gasteiger partial charge in [0.2, 0.25) is 0 Å². The Morgan fingerprint density at radius 2 is 1.84 bits per heavy atom. The zero-order valence-corrected chi connectivity index (χ0v) is 18.7. The zero-order chi connectivity index (χ0) is 22.2. The molecule has 0 unspecified atom stereocenters. The number of aromatic amines is 1. The number of H-pyrrole nitrogens is 1. The van der Waals surface area contributed by atoms with Crippen LogP contribution in [0.1, 0.15) is 18.5 Å². The molecular weight excluding hydrogens is 404 g/mol.